The average Bonchev–Trinajstić information content (AvgIpc) is 3.34. The Balaban J connectivity index is 1.35. The number of nitrogens with zero attached hydrogens (tertiary/aromatic N) is 2. The number of para-hydroxylation sites is 1. The van der Waals surface area contributed by atoms with Crippen LogP contribution < -0.4 is 5.32 Å². The summed E-state index contributed by atoms with van der Waals surface area (Å²) >= 11 is 0. The van der Waals surface area contributed by atoms with Crippen molar-refractivity contribution in [3.8, 4) is 0 Å². The number of likely N-dealkylation sites (tertiary alicyclic amines) is 1. The van der Waals surface area contributed by atoms with Crippen LogP contribution in [-0.2, 0) is 9.63 Å². The van der Waals surface area contributed by atoms with Crippen molar-refractivity contribution in [2.24, 2.45) is 5.16 Å². The summed E-state index contributed by atoms with van der Waals surface area (Å²) in [4.78, 5) is 19.7. The number of carbonyl (C=O) groups excluding carboxylic acids is 1. The second-order valence-corrected chi connectivity index (χ2v) is 6.74. The van der Waals surface area contributed by atoms with Crippen LogP contribution in [0.1, 0.15) is 18.4 Å². The van der Waals surface area contributed by atoms with Crippen LogP contribution in [0.5, 0.6) is 0 Å². The molecule has 140 valence electrons. The fraction of sp³-hybridized carbons (Fsp3) is 0.300. The summed E-state index contributed by atoms with van der Waals surface area (Å²) < 4.78 is 27.3. The normalized spacial score (nSPS) is 21.7. The highest BCUT2D eigenvalue weighted by molar-refractivity contribution is 6.04. The van der Waals surface area contributed by atoms with Gasteiger partial charge >= 0.3 is 0 Å². The molecule has 1 saturated heterocycles. The van der Waals surface area contributed by atoms with Gasteiger partial charge in [-0.3, -0.25) is 4.79 Å². The molecule has 2 aromatic rings. The minimum absolute atomic E-state index is 0.0374. The number of nitrogens with one attached hydrogen (secondary N) is 1. The van der Waals surface area contributed by atoms with Crippen LogP contribution in [0.15, 0.2) is 53.7 Å². The van der Waals surface area contributed by atoms with E-state index in [9.17, 15) is 13.6 Å². The first kappa shape index (κ1) is 17.5. The standard InChI is InChI=1S/C20H19F2N3O2/c21-13-6-7-17(22)16(10-13)18-11-19(27-24-18)20(26)25-9-8-15(12-25)23-14-4-2-1-3-5-14/h1-7,10,15,19,23H,8-9,11-12H2/t15-,19-/m1/s1. The van der Waals surface area contributed by atoms with Crippen molar-refractivity contribution in [1.29, 1.82) is 0 Å². The highest BCUT2D eigenvalue weighted by atomic mass is 19.1. The van der Waals surface area contributed by atoms with E-state index >= 15 is 0 Å². The van der Waals surface area contributed by atoms with Gasteiger partial charge in [0.2, 0.25) is 6.10 Å². The number of rotatable bonds is 4. The molecule has 2 heterocycles. The lowest BCUT2D eigenvalue weighted by Gasteiger charge is -2.20. The molecule has 2 aromatic carbocycles. The third kappa shape index (κ3) is 3.77. The number of carbonyl (C=O) groups is 1. The van der Waals surface area contributed by atoms with E-state index in [1.807, 2.05) is 30.3 Å². The molecule has 0 saturated carbocycles. The van der Waals surface area contributed by atoms with Gasteiger partial charge < -0.3 is 15.1 Å². The van der Waals surface area contributed by atoms with E-state index < -0.39 is 17.7 Å². The highest BCUT2D eigenvalue weighted by Crippen LogP contribution is 2.23. The zero-order chi connectivity index (χ0) is 18.8. The summed E-state index contributed by atoms with van der Waals surface area (Å²) in [7, 11) is 0. The maximum absolute atomic E-state index is 13.9. The minimum Gasteiger partial charge on any atom is -0.382 e. The Morgan fingerprint density at radius 3 is 2.81 bits per heavy atom. The fourth-order valence-electron chi connectivity index (χ4n) is 3.44. The van der Waals surface area contributed by atoms with E-state index in [0.717, 1.165) is 30.3 Å². The van der Waals surface area contributed by atoms with E-state index in [4.69, 9.17) is 4.84 Å². The lowest BCUT2D eigenvalue weighted by atomic mass is 10.0. The summed E-state index contributed by atoms with van der Waals surface area (Å²) in [6.07, 6.45) is 0.171. The first-order chi connectivity index (χ1) is 13.1. The van der Waals surface area contributed by atoms with Crippen molar-refractivity contribution in [3.63, 3.8) is 0 Å². The largest absolute Gasteiger partial charge is 0.382 e. The summed E-state index contributed by atoms with van der Waals surface area (Å²) in [5, 5.41) is 7.23. The SMILES string of the molecule is O=C([C@H]1CC(c2cc(F)ccc2F)=NO1)N1CC[C@@H](Nc2ccccc2)C1. The van der Waals surface area contributed by atoms with Crippen molar-refractivity contribution in [2.45, 2.75) is 25.0 Å². The molecule has 1 amide bonds. The van der Waals surface area contributed by atoms with Gasteiger partial charge in [0.15, 0.2) is 0 Å². The Hall–Kier alpha value is -2.96. The number of hydrogen-bond donors (Lipinski definition) is 1. The molecule has 27 heavy (non-hydrogen) atoms. The van der Waals surface area contributed by atoms with Gasteiger partial charge in [-0.2, -0.15) is 0 Å². The second kappa shape index (κ2) is 7.34. The van der Waals surface area contributed by atoms with Crippen LogP contribution in [0.4, 0.5) is 14.5 Å². The van der Waals surface area contributed by atoms with Crippen LogP contribution in [0.3, 0.4) is 0 Å². The van der Waals surface area contributed by atoms with E-state index in [2.05, 4.69) is 10.5 Å². The molecule has 2 aliphatic rings. The molecule has 1 fully saturated rings. The van der Waals surface area contributed by atoms with Crippen molar-refractivity contribution >= 4 is 17.3 Å². The van der Waals surface area contributed by atoms with Gasteiger partial charge in [-0.05, 0) is 36.8 Å². The number of amides is 1. The van der Waals surface area contributed by atoms with Crippen molar-refractivity contribution in [1.82, 2.24) is 4.90 Å². The molecule has 5 nitrogen and oxygen atoms in total. The van der Waals surface area contributed by atoms with E-state index in [0.29, 0.717) is 13.1 Å². The van der Waals surface area contributed by atoms with E-state index in [1.54, 1.807) is 4.90 Å². The summed E-state index contributed by atoms with van der Waals surface area (Å²) in [5.74, 6) is -1.32. The van der Waals surface area contributed by atoms with Crippen LogP contribution >= 0.6 is 0 Å². The molecule has 0 radical (unpaired) electrons. The lowest BCUT2D eigenvalue weighted by Crippen LogP contribution is -2.39. The molecule has 0 aromatic heterocycles. The summed E-state index contributed by atoms with van der Waals surface area (Å²) in [6.45, 7) is 1.18. The average molecular weight is 371 g/mol. The Morgan fingerprint density at radius 1 is 1.19 bits per heavy atom. The van der Waals surface area contributed by atoms with Gasteiger partial charge in [-0.25, -0.2) is 8.78 Å². The quantitative estimate of drug-likeness (QED) is 0.898. The van der Waals surface area contributed by atoms with Gasteiger partial charge in [-0.15, -0.1) is 0 Å². The second-order valence-electron chi connectivity index (χ2n) is 6.74. The number of halogens is 2. The monoisotopic (exact) mass is 371 g/mol. The fourth-order valence-corrected chi connectivity index (χ4v) is 3.44. The Labute approximate surface area is 155 Å². The molecule has 0 bridgehead atoms. The number of hydrogen-bond acceptors (Lipinski definition) is 4. The zero-order valence-electron chi connectivity index (χ0n) is 14.6. The Morgan fingerprint density at radius 2 is 2.00 bits per heavy atom. The van der Waals surface area contributed by atoms with E-state index in [1.165, 1.54) is 0 Å². The molecule has 7 heteroatoms. The number of anilines is 1. The molecular formula is C20H19F2N3O2. The van der Waals surface area contributed by atoms with Crippen molar-refractivity contribution < 1.29 is 18.4 Å². The third-order valence-electron chi connectivity index (χ3n) is 4.83. The molecule has 4 rings (SSSR count). The number of oxime groups is 1. The topological polar surface area (TPSA) is 53.9 Å². The predicted molar refractivity (Wildman–Crippen MR) is 97.4 cm³/mol. The lowest BCUT2D eigenvalue weighted by molar-refractivity contribution is -0.140. The maximum Gasteiger partial charge on any atom is 0.266 e. The minimum atomic E-state index is -0.793. The van der Waals surface area contributed by atoms with Gasteiger partial charge in [0.1, 0.15) is 11.6 Å². The highest BCUT2D eigenvalue weighted by Gasteiger charge is 2.36. The maximum atomic E-state index is 13.9. The first-order valence-electron chi connectivity index (χ1n) is 8.88. The van der Waals surface area contributed by atoms with Gasteiger partial charge in [-0.1, -0.05) is 23.4 Å². The molecule has 0 aliphatic carbocycles. The van der Waals surface area contributed by atoms with Crippen LogP contribution in [0, 0.1) is 11.6 Å². The van der Waals surface area contributed by atoms with Crippen LogP contribution in [-0.4, -0.2) is 41.8 Å². The molecule has 2 atom stereocenters. The number of benzene rings is 2. The van der Waals surface area contributed by atoms with Gasteiger partial charge in [0, 0.05) is 36.8 Å². The predicted octanol–water partition coefficient (Wildman–Crippen LogP) is 3.17. The zero-order valence-corrected chi connectivity index (χ0v) is 14.6. The first-order valence-corrected chi connectivity index (χ1v) is 8.88. The molecule has 0 spiro atoms. The van der Waals surface area contributed by atoms with Crippen molar-refractivity contribution in [3.05, 3.63) is 65.7 Å². The molecular weight excluding hydrogens is 352 g/mol. The Kier molecular flexibility index (Phi) is 4.75. The molecule has 0 unspecified atom stereocenters. The summed E-state index contributed by atoms with van der Waals surface area (Å²) in [6, 6.07) is 13.2. The van der Waals surface area contributed by atoms with E-state index in [-0.39, 0.29) is 29.6 Å². The van der Waals surface area contributed by atoms with Crippen LogP contribution in [0.2, 0.25) is 0 Å². The Bertz CT molecular complexity index is 873. The third-order valence-corrected chi connectivity index (χ3v) is 4.83. The molecule has 1 N–H and O–H groups in total. The van der Waals surface area contributed by atoms with Crippen molar-refractivity contribution in [2.75, 3.05) is 18.4 Å². The summed E-state index contributed by atoms with van der Waals surface area (Å²) in [5.41, 5.74) is 1.31. The smallest absolute Gasteiger partial charge is 0.266 e. The molecule has 2 aliphatic heterocycles. The van der Waals surface area contributed by atoms with Gasteiger partial charge in [0.05, 0.1) is 5.71 Å². The van der Waals surface area contributed by atoms with Gasteiger partial charge in [0.25, 0.3) is 5.91 Å². The van der Waals surface area contributed by atoms with Crippen LogP contribution in [0.25, 0.3) is 0 Å².